The Bertz CT molecular complexity index is 1580. The number of hydrogen-bond donors (Lipinski definition) is 12. The number of aliphatic hydroxyl groups is 11. The molecule has 10 unspecified atom stereocenters. The summed E-state index contributed by atoms with van der Waals surface area (Å²) in [6, 6.07) is 0. The van der Waals surface area contributed by atoms with Crippen LogP contribution >= 0.6 is 7.82 Å². The second-order valence-electron chi connectivity index (χ2n) is 21.9. The summed E-state index contributed by atoms with van der Waals surface area (Å²) in [7, 11) is -5.63. The Kier molecular flexibility index (Phi) is 36.9. The summed E-state index contributed by atoms with van der Waals surface area (Å²) < 4.78 is 58.1. The molecule has 12 N–H and O–H groups in total. The molecule has 3 fully saturated rings. The van der Waals surface area contributed by atoms with Crippen LogP contribution in [0.2, 0.25) is 0 Å². The molecule has 2 aliphatic heterocycles. The van der Waals surface area contributed by atoms with Crippen molar-refractivity contribution in [2.75, 3.05) is 26.4 Å². The molecule has 1 aliphatic carbocycles. The maximum absolute atomic E-state index is 14.0. The van der Waals surface area contributed by atoms with Gasteiger partial charge in [-0.25, -0.2) is 4.57 Å². The first-order valence-electron chi connectivity index (χ1n) is 29.9. The second kappa shape index (κ2) is 40.7. The predicted molar refractivity (Wildman–Crippen MR) is 287 cm³/mol. The number of carbonyl (C=O) groups is 2. The number of hydrogen-bond acceptors (Lipinski definition) is 22. The summed E-state index contributed by atoms with van der Waals surface area (Å²) in [6.07, 6.45) is -3.46. The van der Waals surface area contributed by atoms with Crippen molar-refractivity contribution in [3.63, 3.8) is 0 Å². The average molecular weight is 1160 g/mol. The Morgan fingerprint density at radius 2 is 0.759 bits per heavy atom. The number of unbranched alkanes of at least 4 members (excludes halogenated alkanes) is 26. The molecule has 0 aromatic carbocycles. The van der Waals surface area contributed by atoms with Crippen LogP contribution in [-0.4, -0.2) is 204 Å². The van der Waals surface area contributed by atoms with E-state index in [-0.39, 0.29) is 12.8 Å². The minimum atomic E-state index is -5.63. The lowest BCUT2D eigenvalue weighted by Gasteiger charge is -2.49. The van der Waals surface area contributed by atoms with Gasteiger partial charge in [0.15, 0.2) is 18.7 Å². The van der Waals surface area contributed by atoms with E-state index in [1.807, 2.05) is 0 Å². The van der Waals surface area contributed by atoms with E-state index in [0.29, 0.717) is 12.8 Å². The summed E-state index contributed by atoms with van der Waals surface area (Å²) in [6.45, 7) is 1.03. The Balaban J connectivity index is 1.70. The third-order valence-electron chi connectivity index (χ3n) is 15.2. The minimum Gasteiger partial charge on any atom is -0.462 e. The van der Waals surface area contributed by atoms with Crippen molar-refractivity contribution >= 4 is 19.8 Å². The van der Waals surface area contributed by atoms with Gasteiger partial charge in [0.05, 0.1) is 19.8 Å². The zero-order chi connectivity index (χ0) is 58.2. The normalized spacial score (nSPS) is 31.4. The Morgan fingerprint density at radius 1 is 0.430 bits per heavy atom. The zero-order valence-electron chi connectivity index (χ0n) is 47.2. The molecule has 23 nitrogen and oxygen atoms in total. The molecule has 0 spiro atoms. The predicted octanol–water partition coefficient (Wildman–Crippen LogP) is 4.15. The van der Waals surface area contributed by atoms with Gasteiger partial charge < -0.3 is 89.5 Å². The van der Waals surface area contributed by atoms with E-state index in [1.165, 1.54) is 109 Å². The van der Waals surface area contributed by atoms with Crippen LogP contribution in [0, 0.1) is 0 Å². The Morgan fingerprint density at radius 3 is 1.11 bits per heavy atom. The van der Waals surface area contributed by atoms with Crippen LogP contribution in [0.4, 0.5) is 0 Å². The van der Waals surface area contributed by atoms with Gasteiger partial charge in [-0.2, -0.15) is 0 Å². The van der Waals surface area contributed by atoms with E-state index >= 15 is 0 Å². The van der Waals surface area contributed by atoms with Crippen LogP contribution in [0.15, 0.2) is 0 Å². The zero-order valence-corrected chi connectivity index (χ0v) is 48.1. The van der Waals surface area contributed by atoms with Gasteiger partial charge >= 0.3 is 19.8 Å². The molecule has 0 aromatic heterocycles. The van der Waals surface area contributed by atoms with Crippen LogP contribution < -0.4 is 0 Å². The minimum absolute atomic E-state index is 0.0247. The highest BCUT2D eigenvalue weighted by Crippen LogP contribution is 2.49. The molecule has 2 heterocycles. The largest absolute Gasteiger partial charge is 0.472 e. The standard InChI is InChI=1S/C55H103O23P/c1-3-5-7-9-11-13-15-17-18-20-22-24-26-28-30-32-41(59)73-37(35-71-40(58)31-29-27-25-23-21-19-16-14-12-10-8-6-4-2)36-72-79(69,70)78-53-51(76-54-49(67)44(62)42(60)38(33-56)74-54)47(65)46(64)48(66)52(53)77-55-50(68)45(63)43(61)39(34-57)75-55/h37-39,42-57,60-68H,3-36H2,1-2H3,(H,69,70)/t37-,38?,39?,42-,43+,44?,45?,46?,47?,48?,49-,50+,51-,52?,53?,54-,55+/m1/s1. The van der Waals surface area contributed by atoms with Crippen LogP contribution in [0.25, 0.3) is 0 Å². The highest BCUT2D eigenvalue weighted by Gasteiger charge is 2.58. The molecule has 24 heteroatoms. The monoisotopic (exact) mass is 1160 g/mol. The third-order valence-corrected chi connectivity index (χ3v) is 16.2. The highest BCUT2D eigenvalue weighted by atomic mass is 31.2. The van der Waals surface area contributed by atoms with Gasteiger partial charge in [0, 0.05) is 12.8 Å². The number of carbonyl (C=O) groups excluding carboxylic acids is 2. The first-order valence-corrected chi connectivity index (χ1v) is 31.4. The maximum atomic E-state index is 14.0. The van der Waals surface area contributed by atoms with Gasteiger partial charge in [-0.1, -0.05) is 181 Å². The summed E-state index contributed by atoms with van der Waals surface area (Å²) in [4.78, 5) is 37.5. The maximum Gasteiger partial charge on any atom is 0.472 e. The van der Waals surface area contributed by atoms with Gasteiger partial charge in [0.1, 0.15) is 92.1 Å². The third kappa shape index (κ3) is 26.5. The lowest BCUT2D eigenvalue weighted by atomic mass is 9.84. The van der Waals surface area contributed by atoms with Crippen molar-refractivity contribution in [3.8, 4) is 0 Å². The fraction of sp³-hybridized carbons (Fsp3) is 0.964. The number of phosphoric acid groups is 1. The molecule has 1 saturated carbocycles. The fourth-order valence-electron chi connectivity index (χ4n) is 10.2. The van der Waals surface area contributed by atoms with E-state index in [1.54, 1.807) is 0 Å². The highest BCUT2D eigenvalue weighted by molar-refractivity contribution is 7.47. The molecule has 0 aromatic rings. The molecule has 0 amide bonds. The lowest BCUT2D eigenvalue weighted by Crippen LogP contribution is -2.69. The van der Waals surface area contributed by atoms with Gasteiger partial charge in [-0.3, -0.25) is 18.6 Å². The quantitative estimate of drug-likeness (QED) is 0.0231. The molecule has 466 valence electrons. The molecule has 2 saturated heterocycles. The number of ether oxygens (including phenoxy) is 6. The van der Waals surface area contributed by atoms with E-state index in [0.717, 1.165) is 57.8 Å². The van der Waals surface area contributed by atoms with E-state index in [4.69, 9.17) is 37.5 Å². The Hall–Kier alpha value is -1.55. The fourth-order valence-corrected chi connectivity index (χ4v) is 11.1. The van der Waals surface area contributed by atoms with Gasteiger partial charge in [0.2, 0.25) is 0 Å². The van der Waals surface area contributed by atoms with Crippen LogP contribution in [0.5, 0.6) is 0 Å². The molecular formula is C55H103O23P. The first kappa shape index (κ1) is 71.7. The van der Waals surface area contributed by atoms with Crippen LogP contribution in [0.3, 0.4) is 0 Å². The van der Waals surface area contributed by atoms with Crippen molar-refractivity contribution < 1.29 is 113 Å². The number of rotatable bonds is 44. The molecule has 3 aliphatic rings. The number of aliphatic hydroxyl groups excluding tert-OH is 11. The summed E-state index contributed by atoms with van der Waals surface area (Å²) in [5.41, 5.74) is 0. The molecule has 0 bridgehead atoms. The topological polar surface area (TPSA) is 368 Å². The number of esters is 2. The molecule has 79 heavy (non-hydrogen) atoms. The van der Waals surface area contributed by atoms with Crippen molar-refractivity contribution in [2.45, 2.75) is 311 Å². The number of phosphoric ester groups is 1. The van der Waals surface area contributed by atoms with E-state index < -0.39 is 150 Å². The van der Waals surface area contributed by atoms with E-state index in [2.05, 4.69) is 13.8 Å². The Labute approximate surface area is 468 Å². The second-order valence-corrected chi connectivity index (χ2v) is 23.3. The van der Waals surface area contributed by atoms with Gasteiger partial charge in [-0.15, -0.1) is 0 Å². The average Bonchev–Trinajstić information content (AvgIpc) is 3.55. The van der Waals surface area contributed by atoms with Crippen LogP contribution in [0.1, 0.15) is 206 Å². The van der Waals surface area contributed by atoms with Crippen LogP contribution in [-0.2, 0) is 51.6 Å². The molecule has 3 rings (SSSR count). The van der Waals surface area contributed by atoms with Crippen molar-refractivity contribution in [3.05, 3.63) is 0 Å². The lowest BCUT2D eigenvalue weighted by molar-refractivity contribution is -0.360. The SMILES string of the molecule is CCCCCCCCCCCCCCCCCC(=O)O[C@H](COC(=O)CCCCCCCCCCCCCCC)COP(=O)(O)OC1C(O[C@@H]2OC(CO)[C@H](O)C(O)[C@@H]2O)C(O)C(O)C(O)[C@H]1O[C@H]1OC(CO)[C@@H](O)C(O)[C@H]1O. The summed E-state index contributed by atoms with van der Waals surface area (Å²) in [5.74, 6) is -1.32. The molecule has 0 radical (unpaired) electrons. The smallest absolute Gasteiger partial charge is 0.462 e. The van der Waals surface area contributed by atoms with E-state index in [9.17, 15) is 75.2 Å². The van der Waals surface area contributed by atoms with Crippen molar-refractivity contribution in [1.82, 2.24) is 0 Å². The first-order chi connectivity index (χ1) is 37.9. The summed E-state index contributed by atoms with van der Waals surface area (Å²) in [5, 5.41) is 117. The van der Waals surface area contributed by atoms with Crippen molar-refractivity contribution in [2.24, 2.45) is 0 Å². The van der Waals surface area contributed by atoms with Gasteiger partial charge in [0.25, 0.3) is 0 Å². The van der Waals surface area contributed by atoms with Gasteiger partial charge in [-0.05, 0) is 12.8 Å². The molecular weight excluding hydrogens is 1060 g/mol. The molecule has 18 atom stereocenters. The van der Waals surface area contributed by atoms with Crippen molar-refractivity contribution in [1.29, 1.82) is 0 Å². The summed E-state index contributed by atoms with van der Waals surface area (Å²) >= 11 is 0.